The summed E-state index contributed by atoms with van der Waals surface area (Å²) < 4.78 is 4.87. The van der Waals surface area contributed by atoms with Crippen LogP contribution in [0.3, 0.4) is 0 Å². The normalized spacial score (nSPS) is 10.2. The third kappa shape index (κ3) is 4.62. The van der Waals surface area contributed by atoms with Gasteiger partial charge in [0, 0.05) is 32.9 Å². The zero-order valence-electron chi connectivity index (χ0n) is 8.88. The number of aromatic nitrogens is 1. The molecule has 15 heavy (non-hydrogen) atoms. The van der Waals surface area contributed by atoms with Crippen LogP contribution < -0.4 is 10.6 Å². The minimum Gasteiger partial charge on any atom is -0.383 e. The van der Waals surface area contributed by atoms with Crippen molar-refractivity contribution in [3.63, 3.8) is 0 Å². The summed E-state index contributed by atoms with van der Waals surface area (Å²) in [4.78, 5) is 14.2. The molecule has 0 saturated heterocycles. The molecule has 1 aromatic rings. The molecule has 0 spiro atoms. The van der Waals surface area contributed by atoms with Gasteiger partial charge in [-0.15, -0.1) is 0 Å². The number of hydrogen-bond acceptors (Lipinski definition) is 3. The van der Waals surface area contributed by atoms with Gasteiger partial charge in [-0.1, -0.05) is 0 Å². The molecule has 84 valence electrons. The molecule has 1 rings (SSSR count). The predicted octanol–water partition coefficient (Wildman–Crippen LogP) is -0.0195. The van der Waals surface area contributed by atoms with E-state index >= 15 is 0 Å². The summed E-state index contributed by atoms with van der Waals surface area (Å²) in [5.41, 5.74) is 0.590. The molecule has 5 heteroatoms. The van der Waals surface area contributed by atoms with Crippen molar-refractivity contribution >= 4 is 5.91 Å². The number of H-pyrrole nitrogens is 1. The standard InChI is InChI=1S/C10H17N3O2/c1-15-8-7-11-5-6-13-10(14)9-3-2-4-12-9/h2-4,11-12H,5-8H2,1H3,(H,13,14). The molecule has 1 aromatic heterocycles. The van der Waals surface area contributed by atoms with Crippen molar-refractivity contribution in [1.82, 2.24) is 15.6 Å². The zero-order chi connectivity index (χ0) is 10.9. The van der Waals surface area contributed by atoms with Crippen LogP contribution in [0.1, 0.15) is 10.5 Å². The van der Waals surface area contributed by atoms with Crippen molar-refractivity contribution in [2.24, 2.45) is 0 Å². The van der Waals surface area contributed by atoms with Crippen molar-refractivity contribution in [2.75, 3.05) is 33.4 Å². The lowest BCUT2D eigenvalue weighted by Crippen LogP contribution is -2.33. The Bertz CT molecular complexity index is 272. The van der Waals surface area contributed by atoms with Crippen LogP contribution in [0.5, 0.6) is 0 Å². The van der Waals surface area contributed by atoms with Gasteiger partial charge in [-0.2, -0.15) is 0 Å². The molecule has 5 nitrogen and oxygen atoms in total. The lowest BCUT2D eigenvalue weighted by molar-refractivity contribution is 0.0949. The van der Waals surface area contributed by atoms with Crippen LogP contribution in [0.15, 0.2) is 18.3 Å². The molecular formula is C10H17N3O2. The lowest BCUT2D eigenvalue weighted by Gasteiger charge is -2.05. The van der Waals surface area contributed by atoms with Gasteiger partial charge in [0.15, 0.2) is 0 Å². The van der Waals surface area contributed by atoms with E-state index in [0.717, 1.165) is 13.1 Å². The Kier molecular flexibility index (Phi) is 5.50. The maximum Gasteiger partial charge on any atom is 0.267 e. The average Bonchev–Trinajstić information content (AvgIpc) is 2.76. The Morgan fingerprint density at radius 1 is 1.47 bits per heavy atom. The van der Waals surface area contributed by atoms with Crippen molar-refractivity contribution in [1.29, 1.82) is 0 Å². The van der Waals surface area contributed by atoms with E-state index in [1.165, 1.54) is 0 Å². The maximum atomic E-state index is 11.4. The second-order valence-corrected chi connectivity index (χ2v) is 3.08. The van der Waals surface area contributed by atoms with Gasteiger partial charge >= 0.3 is 0 Å². The van der Waals surface area contributed by atoms with Crippen LogP contribution in [0, 0.1) is 0 Å². The van der Waals surface area contributed by atoms with E-state index < -0.39 is 0 Å². The first-order chi connectivity index (χ1) is 7.34. The Morgan fingerprint density at radius 3 is 3.00 bits per heavy atom. The van der Waals surface area contributed by atoms with E-state index in [4.69, 9.17) is 4.74 Å². The molecule has 0 aliphatic rings. The number of amides is 1. The van der Waals surface area contributed by atoms with Gasteiger partial charge < -0.3 is 20.4 Å². The number of ether oxygens (including phenoxy) is 1. The fourth-order valence-electron chi connectivity index (χ4n) is 1.13. The smallest absolute Gasteiger partial charge is 0.267 e. The largest absolute Gasteiger partial charge is 0.383 e. The van der Waals surface area contributed by atoms with Crippen molar-refractivity contribution in [2.45, 2.75) is 0 Å². The average molecular weight is 211 g/mol. The predicted molar refractivity (Wildman–Crippen MR) is 57.9 cm³/mol. The number of nitrogens with one attached hydrogen (secondary N) is 3. The van der Waals surface area contributed by atoms with E-state index in [2.05, 4.69) is 15.6 Å². The minimum absolute atomic E-state index is 0.0754. The topological polar surface area (TPSA) is 66.2 Å². The number of hydrogen-bond donors (Lipinski definition) is 3. The summed E-state index contributed by atoms with van der Waals surface area (Å²) in [7, 11) is 1.66. The number of carbonyl (C=O) groups is 1. The molecule has 0 fully saturated rings. The fourth-order valence-corrected chi connectivity index (χ4v) is 1.13. The Hall–Kier alpha value is -1.33. The monoisotopic (exact) mass is 211 g/mol. The van der Waals surface area contributed by atoms with Gasteiger partial charge in [0.25, 0.3) is 5.91 Å². The van der Waals surface area contributed by atoms with Gasteiger partial charge in [0.1, 0.15) is 5.69 Å². The summed E-state index contributed by atoms with van der Waals surface area (Å²) in [6.07, 6.45) is 1.73. The van der Waals surface area contributed by atoms with Crippen LogP contribution in [0.2, 0.25) is 0 Å². The van der Waals surface area contributed by atoms with Gasteiger partial charge in [-0.05, 0) is 12.1 Å². The van der Waals surface area contributed by atoms with Crippen molar-refractivity contribution in [3.8, 4) is 0 Å². The molecule has 0 aromatic carbocycles. The molecule has 3 N–H and O–H groups in total. The van der Waals surface area contributed by atoms with Crippen LogP contribution in [-0.4, -0.2) is 44.2 Å². The van der Waals surface area contributed by atoms with E-state index in [9.17, 15) is 4.79 Å². The van der Waals surface area contributed by atoms with Gasteiger partial charge in [-0.25, -0.2) is 0 Å². The molecule has 1 amide bonds. The van der Waals surface area contributed by atoms with Crippen LogP contribution in [-0.2, 0) is 4.74 Å². The minimum atomic E-state index is -0.0754. The van der Waals surface area contributed by atoms with Crippen LogP contribution in [0.4, 0.5) is 0 Å². The number of aromatic amines is 1. The molecule has 0 aliphatic heterocycles. The van der Waals surface area contributed by atoms with Crippen LogP contribution in [0.25, 0.3) is 0 Å². The highest BCUT2D eigenvalue weighted by Crippen LogP contribution is 1.92. The summed E-state index contributed by atoms with van der Waals surface area (Å²) in [5, 5.41) is 5.93. The zero-order valence-corrected chi connectivity index (χ0v) is 8.88. The lowest BCUT2D eigenvalue weighted by atomic mass is 10.4. The van der Waals surface area contributed by atoms with Gasteiger partial charge in [0.05, 0.1) is 6.61 Å². The third-order valence-electron chi connectivity index (χ3n) is 1.91. The molecule has 0 atom stereocenters. The Balaban J connectivity index is 2.03. The number of methoxy groups -OCH3 is 1. The second-order valence-electron chi connectivity index (χ2n) is 3.08. The summed E-state index contributed by atoms with van der Waals surface area (Å²) in [6.45, 7) is 2.84. The van der Waals surface area contributed by atoms with Crippen molar-refractivity contribution in [3.05, 3.63) is 24.0 Å². The van der Waals surface area contributed by atoms with E-state index in [-0.39, 0.29) is 5.91 Å². The quantitative estimate of drug-likeness (QED) is 0.555. The van der Waals surface area contributed by atoms with Crippen LogP contribution >= 0.6 is 0 Å². The highest BCUT2D eigenvalue weighted by Gasteiger charge is 2.03. The van der Waals surface area contributed by atoms with E-state index in [0.29, 0.717) is 18.8 Å². The molecule has 1 heterocycles. The highest BCUT2D eigenvalue weighted by molar-refractivity contribution is 5.92. The van der Waals surface area contributed by atoms with E-state index in [1.54, 1.807) is 25.4 Å². The molecule has 0 saturated carbocycles. The summed E-state index contributed by atoms with van der Waals surface area (Å²) in [6, 6.07) is 3.54. The Morgan fingerprint density at radius 2 is 2.33 bits per heavy atom. The number of carbonyl (C=O) groups excluding carboxylic acids is 1. The summed E-state index contributed by atoms with van der Waals surface area (Å²) >= 11 is 0. The molecule has 0 aliphatic carbocycles. The second kappa shape index (κ2) is 7.03. The summed E-state index contributed by atoms with van der Waals surface area (Å²) in [5.74, 6) is -0.0754. The molecule has 0 unspecified atom stereocenters. The first kappa shape index (κ1) is 11.7. The third-order valence-corrected chi connectivity index (χ3v) is 1.91. The highest BCUT2D eigenvalue weighted by atomic mass is 16.5. The SMILES string of the molecule is COCCNCCNC(=O)c1ccc[nH]1. The molecule has 0 radical (unpaired) electrons. The maximum absolute atomic E-state index is 11.4. The Labute approximate surface area is 89.2 Å². The first-order valence-corrected chi connectivity index (χ1v) is 4.96. The number of rotatable bonds is 7. The van der Waals surface area contributed by atoms with E-state index in [1.807, 2.05) is 0 Å². The molecular weight excluding hydrogens is 194 g/mol. The van der Waals surface area contributed by atoms with Gasteiger partial charge in [0.2, 0.25) is 0 Å². The van der Waals surface area contributed by atoms with Crippen molar-refractivity contribution < 1.29 is 9.53 Å². The molecule has 0 bridgehead atoms. The fraction of sp³-hybridized carbons (Fsp3) is 0.500. The first-order valence-electron chi connectivity index (χ1n) is 4.96. The van der Waals surface area contributed by atoms with Gasteiger partial charge in [-0.3, -0.25) is 4.79 Å².